The molecule has 2 aromatic rings. The maximum Gasteiger partial charge on any atom is 0.0534 e. The van der Waals surface area contributed by atoms with E-state index in [2.05, 4.69) is 29.9 Å². The maximum atomic E-state index is 3.24. The van der Waals surface area contributed by atoms with Gasteiger partial charge in [-0.2, -0.15) is 0 Å². The number of H-pyrrole nitrogens is 1. The van der Waals surface area contributed by atoms with E-state index in [1.807, 2.05) is 0 Å². The fraction of sp³-hybridized carbons (Fsp3) is 0.143. The first-order chi connectivity index (χ1) is 4.36. The van der Waals surface area contributed by atoms with Gasteiger partial charge in [0.25, 0.3) is 0 Å². The number of aromatic nitrogens is 1. The van der Waals surface area contributed by atoms with Gasteiger partial charge in [-0.15, -0.1) is 0 Å². The van der Waals surface area contributed by atoms with Gasteiger partial charge in [0.15, 0.2) is 0 Å². The van der Waals surface area contributed by atoms with E-state index in [0.717, 1.165) is 8.35 Å². The molecule has 0 radical (unpaired) electrons. The SMILES string of the molecule is Cc1ccc2[nH][pH]c2c1. The smallest absolute Gasteiger partial charge is 0.0534 e. The van der Waals surface area contributed by atoms with Crippen molar-refractivity contribution in [2.24, 2.45) is 0 Å². The zero-order valence-electron chi connectivity index (χ0n) is 5.23. The molecule has 0 aliphatic heterocycles. The van der Waals surface area contributed by atoms with E-state index in [-0.39, 0.29) is 0 Å². The fourth-order valence-electron chi connectivity index (χ4n) is 0.943. The Bertz CT molecular complexity index is 318. The molecule has 46 valence electrons. The van der Waals surface area contributed by atoms with Gasteiger partial charge in [-0.1, -0.05) is 20.0 Å². The van der Waals surface area contributed by atoms with E-state index < -0.39 is 0 Å². The van der Waals surface area contributed by atoms with E-state index in [0.29, 0.717) is 0 Å². The molecule has 0 saturated heterocycles. The average molecular weight is 137 g/mol. The Morgan fingerprint density at radius 1 is 1.44 bits per heavy atom. The van der Waals surface area contributed by atoms with Crippen LogP contribution in [0.1, 0.15) is 5.56 Å². The molecule has 9 heavy (non-hydrogen) atoms. The largest absolute Gasteiger partial charge is 0.347 e. The molecule has 1 aromatic carbocycles. The van der Waals surface area contributed by atoms with Gasteiger partial charge in [-0.25, -0.2) is 0 Å². The summed E-state index contributed by atoms with van der Waals surface area (Å²) in [5.41, 5.74) is 2.68. The summed E-state index contributed by atoms with van der Waals surface area (Å²) in [6, 6.07) is 6.51. The summed E-state index contributed by atoms with van der Waals surface area (Å²) in [7, 11) is 0.838. The Balaban J connectivity index is 2.78. The molecule has 2 rings (SSSR count). The van der Waals surface area contributed by atoms with Crippen LogP contribution in [-0.2, 0) is 0 Å². The standard InChI is InChI=1S/C7H8NP/c1-5-2-3-6-7(4-5)9-8-6/h2-4,8-9H,1H3. The summed E-state index contributed by atoms with van der Waals surface area (Å²) in [5, 5.41) is 1.48. The van der Waals surface area contributed by atoms with Gasteiger partial charge in [0, 0.05) is 5.12 Å². The second kappa shape index (κ2) is 1.65. The van der Waals surface area contributed by atoms with Crippen LogP contribution < -0.4 is 0 Å². The van der Waals surface area contributed by atoms with E-state index in [9.17, 15) is 0 Å². The molecule has 0 amide bonds. The first kappa shape index (κ1) is 5.13. The van der Waals surface area contributed by atoms with Gasteiger partial charge in [-0.05, 0) is 19.1 Å². The van der Waals surface area contributed by atoms with Crippen LogP contribution in [0.15, 0.2) is 18.2 Å². The third-order valence-electron chi connectivity index (χ3n) is 1.51. The predicted molar refractivity (Wildman–Crippen MR) is 42.5 cm³/mol. The highest BCUT2D eigenvalue weighted by Gasteiger charge is 1.93. The van der Waals surface area contributed by atoms with E-state index in [1.54, 1.807) is 0 Å². The molecule has 1 aromatic heterocycles. The van der Waals surface area contributed by atoms with Crippen LogP contribution in [0.2, 0.25) is 0 Å². The van der Waals surface area contributed by atoms with Crippen molar-refractivity contribution in [1.82, 2.24) is 4.75 Å². The quantitative estimate of drug-likeness (QED) is 0.574. The molecule has 2 heteroatoms. The minimum absolute atomic E-state index is 0.838. The molecule has 1 unspecified atom stereocenters. The number of hydrogen-bond donors (Lipinski definition) is 1. The Hall–Kier alpha value is -0.680. The third kappa shape index (κ3) is 0.691. The molecular formula is C7H8NP. The summed E-state index contributed by atoms with van der Waals surface area (Å²) in [4.78, 5) is 0. The zero-order valence-corrected chi connectivity index (χ0v) is 6.23. The number of rotatable bonds is 0. The van der Waals surface area contributed by atoms with Crippen LogP contribution in [0.25, 0.3) is 10.6 Å². The summed E-state index contributed by atoms with van der Waals surface area (Å²) < 4.78 is 3.24. The van der Waals surface area contributed by atoms with Gasteiger partial charge >= 0.3 is 0 Å². The van der Waals surface area contributed by atoms with Crippen LogP contribution in [-0.4, -0.2) is 4.75 Å². The Morgan fingerprint density at radius 3 is 2.78 bits per heavy atom. The first-order valence-electron chi connectivity index (χ1n) is 2.99. The lowest BCUT2D eigenvalue weighted by molar-refractivity contribution is 1.49. The van der Waals surface area contributed by atoms with Crippen LogP contribution in [0, 0.1) is 6.92 Å². The van der Waals surface area contributed by atoms with Crippen LogP contribution in [0.3, 0.4) is 0 Å². The molecule has 0 bridgehead atoms. The zero-order chi connectivity index (χ0) is 6.27. The summed E-state index contributed by atoms with van der Waals surface area (Å²) >= 11 is 0. The van der Waals surface area contributed by atoms with Gasteiger partial charge in [0.1, 0.15) is 0 Å². The molecule has 1 N–H and O–H groups in total. The molecule has 0 spiro atoms. The van der Waals surface area contributed by atoms with E-state index in [4.69, 9.17) is 0 Å². The molecule has 0 saturated carbocycles. The number of fused-ring (bicyclic) bond motifs is 1. The van der Waals surface area contributed by atoms with Gasteiger partial charge in [-0.3, -0.25) is 0 Å². The van der Waals surface area contributed by atoms with Crippen molar-refractivity contribution < 1.29 is 0 Å². The summed E-state index contributed by atoms with van der Waals surface area (Å²) in [6.07, 6.45) is 0. The minimum atomic E-state index is 0.838. The van der Waals surface area contributed by atoms with Crippen molar-refractivity contribution in [3.05, 3.63) is 23.8 Å². The molecule has 1 atom stereocenters. The van der Waals surface area contributed by atoms with Crippen LogP contribution in [0.4, 0.5) is 0 Å². The number of benzene rings is 1. The van der Waals surface area contributed by atoms with E-state index >= 15 is 0 Å². The Morgan fingerprint density at radius 2 is 2.33 bits per heavy atom. The molecule has 0 aliphatic rings. The van der Waals surface area contributed by atoms with Gasteiger partial charge in [0.2, 0.25) is 0 Å². The topological polar surface area (TPSA) is 15.8 Å². The van der Waals surface area contributed by atoms with Gasteiger partial charge < -0.3 is 4.75 Å². The van der Waals surface area contributed by atoms with Crippen molar-refractivity contribution >= 4 is 19.0 Å². The number of hydrogen-bond acceptors (Lipinski definition) is 0. The normalized spacial score (nSPS) is 11.7. The number of aryl methyl sites for hydroxylation is 1. The first-order valence-corrected chi connectivity index (χ1v) is 3.99. The Labute approximate surface area is 55.2 Å². The highest BCUT2D eigenvalue weighted by molar-refractivity contribution is 7.34. The third-order valence-corrected chi connectivity index (χ3v) is 2.58. The van der Waals surface area contributed by atoms with Gasteiger partial charge in [0.05, 0.1) is 5.52 Å². The second-order valence-corrected chi connectivity index (χ2v) is 3.34. The van der Waals surface area contributed by atoms with Crippen molar-refractivity contribution in [1.29, 1.82) is 0 Å². The van der Waals surface area contributed by atoms with Crippen LogP contribution in [0.5, 0.6) is 0 Å². The summed E-state index contributed by atoms with van der Waals surface area (Å²) in [5.74, 6) is 0. The molecule has 1 nitrogen and oxygen atoms in total. The van der Waals surface area contributed by atoms with Crippen molar-refractivity contribution in [3.63, 3.8) is 0 Å². The van der Waals surface area contributed by atoms with Crippen LogP contribution >= 0.6 is 8.35 Å². The lowest BCUT2D eigenvalue weighted by Crippen LogP contribution is -1.76. The number of nitrogens with one attached hydrogen (secondary N) is 1. The van der Waals surface area contributed by atoms with Crippen molar-refractivity contribution in [2.75, 3.05) is 0 Å². The fourth-order valence-corrected chi connectivity index (χ4v) is 1.82. The highest BCUT2D eigenvalue weighted by Crippen LogP contribution is 2.24. The highest BCUT2D eigenvalue weighted by atomic mass is 31.0. The molecular weight excluding hydrogens is 129 g/mol. The predicted octanol–water partition coefficient (Wildman–Crippen LogP) is 2.51. The monoisotopic (exact) mass is 137 g/mol. The summed E-state index contributed by atoms with van der Waals surface area (Å²) in [6.45, 7) is 2.13. The minimum Gasteiger partial charge on any atom is -0.347 e. The molecule has 0 fully saturated rings. The second-order valence-electron chi connectivity index (χ2n) is 2.30. The van der Waals surface area contributed by atoms with E-state index in [1.165, 1.54) is 16.2 Å². The maximum absolute atomic E-state index is 3.24. The van der Waals surface area contributed by atoms with Crippen molar-refractivity contribution in [3.8, 4) is 0 Å². The molecule has 0 aliphatic carbocycles. The lowest BCUT2D eigenvalue weighted by Gasteiger charge is -2.01. The Kier molecular flexibility index (Phi) is 0.940. The van der Waals surface area contributed by atoms with Crippen molar-refractivity contribution in [2.45, 2.75) is 6.92 Å². The average Bonchev–Trinajstić information content (AvgIpc) is 1.78. The molecule has 1 heterocycles. The number of aromatic amines is 1. The lowest BCUT2D eigenvalue weighted by atomic mass is 10.2.